The molecule has 0 bridgehead atoms. The number of carbonyl (C=O) groups excluding carboxylic acids is 1. The van der Waals surface area contributed by atoms with Gasteiger partial charge in [-0.25, -0.2) is 4.98 Å². The van der Waals surface area contributed by atoms with Gasteiger partial charge < -0.3 is 15.0 Å². The van der Waals surface area contributed by atoms with E-state index < -0.39 is 0 Å². The normalized spacial score (nSPS) is 14.0. The molecule has 7 nitrogen and oxygen atoms in total. The molecule has 0 unspecified atom stereocenters. The molecule has 0 saturated carbocycles. The molecular formula is C18H22N4O3. The maximum atomic E-state index is 12.3. The van der Waals surface area contributed by atoms with Gasteiger partial charge in [-0.3, -0.25) is 14.5 Å². The van der Waals surface area contributed by atoms with E-state index in [2.05, 4.69) is 15.3 Å². The zero-order valence-electron chi connectivity index (χ0n) is 14.5. The highest BCUT2D eigenvalue weighted by Crippen LogP contribution is 2.16. The number of aromatic amines is 1. The summed E-state index contributed by atoms with van der Waals surface area (Å²) in [6.45, 7) is 5.69. The number of anilines is 1. The summed E-state index contributed by atoms with van der Waals surface area (Å²) in [7, 11) is 0. The average molecular weight is 342 g/mol. The van der Waals surface area contributed by atoms with Crippen LogP contribution < -0.4 is 15.6 Å². The molecule has 1 aromatic carbocycles. The van der Waals surface area contributed by atoms with Crippen LogP contribution in [-0.4, -0.2) is 40.5 Å². The smallest absolute Gasteiger partial charge is 0.255 e. The fourth-order valence-corrected chi connectivity index (χ4v) is 2.94. The number of carbonyl (C=O) groups is 1. The zero-order chi connectivity index (χ0) is 17.8. The van der Waals surface area contributed by atoms with E-state index >= 15 is 0 Å². The summed E-state index contributed by atoms with van der Waals surface area (Å²) in [5, 5.41) is 2.87. The van der Waals surface area contributed by atoms with Gasteiger partial charge in [-0.15, -0.1) is 0 Å². The Hall–Kier alpha value is -2.67. The second-order valence-corrected chi connectivity index (χ2v) is 6.04. The van der Waals surface area contributed by atoms with Gasteiger partial charge in [0.1, 0.15) is 11.6 Å². The average Bonchev–Trinajstić information content (AvgIpc) is 2.57. The molecule has 25 heavy (non-hydrogen) atoms. The lowest BCUT2D eigenvalue weighted by Gasteiger charge is -2.26. The molecule has 2 aromatic rings. The summed E-state index contributed by atoms with van der Waals surface area (Å²) < 4.78 is 5.38. The molecule has 0 aliphatic carbocycles. The monoisotopic (exact) mass is 342 g/mol. The molecular weight excluding hydrogens is 320 g/mol. The Morgan fingerprint density at radius 1 is 1.36 bits per heavy atom. The van der Waals surface area contributed by atoms with Crippen molar-refractivity contribution in [2.24, 2.45) is 0 Å². The Morgan fingerprint density at radius 2 is 2.12 bits per heavy atom. The molecule has 3 rings (SSSR count). The first-order valence-corrected chi connectivity index (χ1v) is 8.39. The number of nitrogens with one attached hydrogen (secondary N) is 2. The van der Waals surface area contributed by atoms with Crippen LogP contribution in [0.4, 0.5) is 5.69 Å². The Balaban J connectivity index is 1.59. The first-order valence-electron chi connectivity index (χ1n) is 8.39. The molecule has 0 spiro atoms. The lowest BCUT2D eigenvalue weighted by Crippen LogP contribution is -2.40. The highest BCUT2D eigenvalue weighted by Gasteiger charge is 2.22. The van der Waals surface area contributed by atoms with Crippen molar-refractivity contribution < 1.29 is 9.53 Å². The van der Waals surface area contributed by atoms with Crippen LogP contribution >= 0.6 is 0 Å². The van der Waals surface area contributed by atoms with E-state index in [1.54, 1.807) is 6.92 Å². The van der Waals surface area contributed by atoms with Crippen LogP contribution in [0.3, 0.4) is 0 Å². The third-order valence-electron chi connectivity index (χ3n) is 4.08. The van der Waals surface area contributed by atoms with Gasteiger partial charge in [0.15, 0.2) is 0 Å². The highest BCUT2D eigenvalue weighted by molar-refractivity contribution is 5.92. The quantitative estimate of drug-likeness (QED) is 0.859. The number of hydrogen-bond donors (Lipinski definition) is 2. The van der Waals surface area contributed by atoms with Gasteiger partial charge in [0, 0.05) is 25.2 Å². The zero-order valence-corrected chi connectivity index (χ0v) is 14.5. The Morgan fingerprint density at radius 3 is 2.84 bits per heavy atom. The summed E-state index contributed by atoms with van der Waals surface area (Å²) in [4.78, 5) is 33.4. The second kappa shape index (κ2) is 7.48. The summed E-state index contributed by atoms with van der Waals surface area (Å²) >= 11 is 0. The maximum Gasteiger partial charge on any atom is 0.255 e. The molecule has 2 heterocycles. The Labute approximate surface area is 146 Å². The number of amides is 1. The molecule has 0 fully saturated rings. The topological polar surface area (TPSA) is 87.3 Å². The standard InChI is InChI=1S/C18H22N4O3/c1-3-25-14-6-4-13(5-7-14)21-17(23)11-22-9-8-16-15(10-22)18(24)20-12(2)19-16/h4-7H,3,8-11H2,1-2H3,(H,21,23)(H,19,20,24). The van der Waals surface area contributed by atoms with Crippen molar-refractivity contribution in [1.29, 1.82) is 0 Å². The molecule has 0 atom stereocenters. The third kappa shape index (κ3) is 4.24. The minimum atomic E-state index is -0.112. The van der Waals surface area contributed by atoms with Crippen molar-refractivity contribution in [2.45, 2.75) is 26.8 Å². The van der Waals surface area contributed by atoms with Crippen LogP contribution in [0.25, 0.3) is 0 Å². The second-order valence-electron chi connectivity index (χ2n) is 6.04. The molecule has 0 saturated heterocycles. The fraction of sp³-hybridized carbons (Fsp3) is 0.389. The van der Waals surface area contributed by atoms with Gasteiger partial charge in [-0.2, -0.15) is 0 Å². The van der Waals surface area contributed by atoms with E-state index in [4.69, 9.17) is 4.74 Å². The van der Waals surface area contributed by atoms with Crippen molar-refractivity contribution in [3.8, 4) is 5.75 Å². The number of benzene rings is 1. The summed E-state index contributed by atoms with van der Waals surface area (Å²) in [5.41, 5.74) is 2.11. The predicted octanol–water partition coefficient (Wildman–Crippen LogP) is 1.47. The minimum Gasteiger partial charge on any atom is -0.494 e. The molecule has 0 radical (unpaired) electrons. The van der Waals surface area contributed by atoms with Gasteiger partial charge in [0.25, 0.3) is 5.56 Å². The third-order valence-corrected chi connectivity index (χ3v) is 4.08. The van der Waals surface area contributed by atoms with Gasteiger partial charge in [0.2, 0.25) is 5.91 Å². The molecule has 1 aliphatic heterocycles. The lowest BCUT2D eigenvalue weighted by molar-refractivity contribution is -0.117. The molecule has 2 N–H and O–H groups in total. The first kappa shape index (κ1) is 17.2. The van der Waals surface area contributed by atoms with Crippen LogP contribution in [0.1, 0.15) is 24.0 Å². The minimum absolute atomic E-state index is 0.107. The number of nitrogens with zero attached hydrogens (tertiary/aromatic N) is 2. The van der Waals surface area contributed by atoms with Crippen molar-refractivity contribution in [1.82, 2.24) is 14.9 Å². The molecule has 1 amide bonds. The van der Waals surface area contributed by atoms with Crippen LogP contribution in [-0.2, 0) is 17.8 Å². The fourth-order valence-electron chi connectivity index (χ4n) is 2.94. The lowest BCUT2D eigenvalue weighted by atomic mass is 10.1. The Bertz CT molecular complexity index is 814. The molecule has 7 heteroatoms. The van der Waals surface area contributed by atoms with Crippen LogP contribution in [0.15, 0.2) is 29.1 Å². The first-order chi connectivity index (χ1) is 12.0. The molecule has 1 aliphatic rings. The predicted molar refractivity (Wildman–Crippen MR) is 94.8 cm³/mol. The van der Waals surface area contributed by atoms with Crippen molar-refractivity contribution in [3.63, 3.8) is 0 Å². The number of aryl methyl sites for hydroxylation is 1. The summed E-state index contributed by atoms with van der Waals surface area (Å²) in [5.74, 6) is 1.30. The van der Waals surface area contributed by atoms with E-state index in [-0.39, 0.29) is 18.0 Å². The van der Waals surface area contributed by atoms with Crippen molar-refractivity contribution >= 4 is 11.6 Å². The Kier molecular flexibility index (Phi) is 5.14. The van der Waals surface area contributed by atoms with Crippen molar-refractivity contribution in [2.75, 3.05) is 25.0 Å². The number of fused-ring (bicyclic) bond motifs is 1. The number of hydrogen-bond acceptors (Lipinski definition) is 5. The van der Waals surface area contributed by atoms with Gasteiger partial charge in [-0.05, 0) is 38.1 Å². The maximum absolute atomic E-state index is 12.3. The van der Waals surface area contributed by atoms with Gasteiger partial charge in [0.05, 0.1) is 24.4 Å². The largest absolute Gasteiger partial charge is 0.494 e. The van der Waals surface area contributed by atoms with Gasteiger partial charge in [-0.1, -0.05) is 0 Å². The number of aromatic nitrogens is 2. The SMILES string of the molecule is CCOc1ccc(NC(=O)CN2CCc3nc(C)[nH]c(=O)c3C2)cc1. The highest BCUT2D eigenvalue weighted by atomic mass is 16.5. The molecule has 132 valence electrons. The van der Waals surface area contributed by atoms with E-state index in [0.717, 1.165) is 17.1 Å². The number of ether oxygens (including phenoxy) is 1. The van der Waals surface area contributed by atoms with E-state index in [1.165, 1.54) is 0 Å². The van der Waals surface area contributed by atoms with Gasteiger partial charge >= 0.3 is 0 Å². The van der Waals surface area contributed by atoms with E-state index in [9.17, 15) is 9.59 Å². The summed E-state index contributed by atoms with van der Waals surface area (Å²) in [6.07, 6.45) is 0.677. The molecule has 1 aromatic heterocycles. The van der Waals surface area contributed by atoms with Crippen LogP contribution in [0, 0.1) is 6.92 Å². The van der Waals surface area contributed by atoms with E-state index in [1.807, 2.05) is 36.1 Å². The van der Waals surface area contributed by atoms with E-state index in [0.29, 0.717) is 37.5 Å². The van der Waals surface area contributed by atoms with Crippen LogP contribution in [0.2, 0.25) is 0 Å². The summed E-state index contributed by atoms with van der Waals surface area (Å²) in [6, 6.07) is 7.27. The van der Waals surface area contributed by atoms with Crippen molar-refractivity contribution in [3.05, 3.63) is 51.7 Å². The number of rotatable bonds is 5. The van der Waals surface area contributed by atoms with Crippen LogP contribution in [0.5, 0.6) is 5.75 Å². The number of H-pyrrole nitrogens is 1.